The van der Waals surface area contributed by atoms with E-state index in [9.17, 15) is 23.3 Å². The fourth-order valence-corrected chi connectivity index (χ4v) is 5.04. The number of allylic oxidation sites excluding steroid dienone is 2. The monoisotopic (exact) mass is 538 g/mol. The van der Waals surface area contributed by atoms with Gasteiger partial charge in [0, 0.05) is 28.9 Å². The van der Waals surface area contributed by atoms with Crippen molar-refractivity contribution in [2.24, 2.45) is 0 Å². The molecule has 3 rings (SSSR count). The Kier molecular flexibility index (Phi) is 9.58. The molecule has 182 valence electrons. The number of hydrogen-bond donors (Lipinski definition) is 3. The van der Waals surface area contributed by atoms with Gasteiger partial charge in [0.25, 0.3) is 0 Å². The molecule has 2 atom stereocenters. The summed E-state index contributed by atoms with van der Waals surface area (Å²) in [5.74, 6) is -0.201. The van der Waals surface area contributed by atoms with Crippen LogP contribution in [0, 0.1) is 0 Å². The molecule has 0 fully saturated rings. The predicted molar refractivity (Wildman–Crippen MR) is 131 cm³/mol. The molecule has 3 aromatic rings. The van der Waals surface area contributed by atoms with Gasteiger partial charge in [-0.2, -0.15) is 0 Å². The molecule has 0 bridgehead atoms. The first kappa shape index (κ1) is 28.5. The molecule has 0 amide bonds. The Bertz CT molecular complexity index is 1280. The zero-order chi connectivity index (χ0) is 26.5. The number of phosphoric acid groups is 1. The Morgan fingerprint density at radius 3 is 1.20 bits per heavy atom. The highest BCUT2D eigenvalue weighted by molar-refractivity contribution is 7.60. The minimum atomic E-state index is -4.87. The lowest BCUT2D eigenvalue weighted by Gasteiger charge is -2.15. The highest BCUT2D eigenvalue weighted by Gasteiger charge is 2.43. The number of carbonyl (C=O) groups excluding carboxylic acids is 2. The SMILES string of the molecule is C=C(C)C(=O)c1c2ccccc2c(C(=O)C(=C)C)c2ccccc12.O=[P+](O)OP(=O)(O)O[P+](=O)O. The summed E-state index contributed by atoms with van der Waals surface area (Å²) in [7, 11) is -11.6. The lowest BCUT2D eigenvalue weighted by atomic mass is 9.86. The molecule has 0 aliphatic rings. The largest absolute Gasteiger partial charge is 0.705 e. The van der Waals surface area contributed by atoms with Gasteiger partial charge in [-0.05, 0) is 46.5 Å². The minimum Gasteiger partial charge on any atom is -0.297 e. The topological polar surface area (TPSA) is 164 Å². The lowest BCUT2D eigenvalue weighted by Crippen LogP contribution is -2.07. The Labute approximate surface area is 202 Å². The molecule has 0 aromatic heterocycles. The van der Waals surface area contributed by atoms with Crippen molar-refractivity contribution in [1.29, 1.82) is 0 Å². The van der Waals surface area contributed by atoms with Crippen LogP contribution in [0.1, 0.15) is 34.6 Å². The number of rotatable bonds is 8. The molecule has 0 aliphatic heterocycles. The van der Waals surface area contributed by atoms with Crippen molar-refractivity contribution in [2.45, 2.75) is 13.8 Å². The third-order valence-corrected chi connectivity index (χ3v) is 7.28. The fraction of sp³-hybridized carbons (Fsp3) is 0.0909. The first-order valence-electron chi connectivity index (χ1n) is 9.65. The molecule has 0 saturated heterocycles. The molecule has 0 spiro atoms. The summed E-state index contributed by atoms with van der Waals surface area (Å²) in [6.45, 7) is 11.0. The Morgan fingerprint density at radius 2 is 1.00 bits per heavy atom. The van der Waals surface area contributed by atoms with Crippen LogP contribution in [-0.4, -0.2) is 26.2 Å². The normalized spacial score (nSPS) is 13.3. The number of ketones is 2. The quantitative estimate of drug-likeness (QED) is 0.135. The molecular weight excluding hydrogens is 517 g/mol. The van der Waals surface area contributed by atoms with Gasteiger partial charge in [-0.25, -0.2) is 4.57 Å². The maximum atomic E-state index is 12.8. The highest BCUT2D eigenvalue weighted by Crippen LogP contribution is 2.55. The molecule has 35 heavy (non-hydrogen) atoms. The summed E-state index contributed by atoms with van der Waals surface area (Å²) < 4.78 is 36.4. The minimum absolute atomic E-state index is 0.100. The van der Waals surface area contributed by atoms with Crippen molar-refractivity contribution in [3.8, 4) is 0 Å². The van der Waals surface area contributed by atoms with Crippen molar-refractivity contribution < 1.29 is 46.6 Å². The maximum absolute atomic E-state index is 12.8. The molecular formula is C22H21O10P3+2. The van der Waals surface area contributed by atoms with Gasteiger partial charge < -0.3 is 0 Å². The van der Waals surface area contributed by atoms with Crippen LogP contribution in [0.4, 0.5) is 0 Å². The summed E-state index contributed by atoms with van der Waals surface area (Å²) in [4.78, 5) is 49.6. The second kappa shape index (κ2) is 11.8. The van der Waals surface area contributed by atoms with E-state index in [-0.39, 0.29) is 11.6 Å². The first-order valence-corrected chi connectivity index (χ1v) is 13.4. The van der Waals surface area contributed by atoms with E-state index in [1.165, 1.54) is 0 Å². The first-order chi connectivity index (χ1) is 16.3. The summed E-state index contributed by atoms with van der Waals surface area (Å²) in [5, 5.41) is 3.09. The molecule has 0 heterocycles. The van der Waals surface area contributed by atoms with Crippen molar-refractivity contribution in [3.63, 3.8) is 0 Å². The van der Waals surface area contributed by atoms with Gasteiger partial charge in [0.05, 0.1) is 0 Å². The van der Waals surface area contributed by atoms with E-state index < -0.39 is 24.3 Å². The summed E-state index contributed by atoms with van der Waals surface area (Å²) in [5.41, 5.74) is 2.16. The van der Waals surface area contributed by atoms with Crippen LogP contribution in [-0.2, 0) is 22.3 Å². The second-order valence-electron chi connectivity index (χ2n) is 7.17. The van der Waals surface area contributed by atoms with Crippen LogP contribution in [0.3, 0.4) is 0 Å². The number of hydrogen-bond acceptors (Lipinski definition) is 7. The molecule has 0 aliphatic carbocycles. The Hall–Kier alpha value is -2.77. The van der Waals surface area contributed by atoms with Crippen LogP contribution in [0.25, 0.3) is 21.5 Å². The smallest absolute Gasteiger partial charge is 0.297 e. The third-order valence-electron chi connectivity index (χ3n) is 4.51. The average Bonchev–Trinajstić information content (AvgIpc) is 2.74. The predicted octanol–water partition coefficient (Wildman–Crippen LogP) is 5.93. The molecule has 3 aromatic carbocycles. The summed E-state index contributed by atoms with van der Waals surface area (Å²) in [6, 6.07) is 15.0. The fourth-order valence-electron chi connectivity index (χ4n) is 3.24. The van der Waals surface area contributed by atoms with E-state index >= 15 is 0 Å². The van der Waals surface area contributed by atoms with Gasteiger partial charge >= 0.3 is 24.3 Å². The van der Waals surface area contributed by atoms with Gasteiger partial charge in [-0.15, -0.1) is 9.79 Å². The van der Waals surface area contributed by atoms with Crippen molar-refractivity contribution in [3.05, 3.63) is 84.0 Å². The Balaban J connectivity index is 0.000000334. The van der Waals surface area contributed by atoms with E-state index in [1.807, 2.05) is 48.5 Å². The number of benzene rings is 3. The standard InChI is InChI=1S/C22H18O2.HO8P3/c1-13(2)21(23)19-15-9-5-7-11-17(15)20(22(24)14(3)4)18-12-8-6-10-16(18)19;1-9(2)7-11(5,6)8-10(3)4/h5-12H,1,3H2,2,4H3;(H-2,1,2,3,4,5,6)/p+2. The van der Waals surface area contributed by atoms with Gasteiger partial charge in [0.2, 0.25) is 0 Å². The van der Waals surface area contributed by atoms with Crippen LogP contribution < -0.4 is 0 Å². The van der Waals surface area contributed by atoms with Gasteiger partial charge in [0.1, 0.15) is 0 Å². The van der Waals surface area contributed by atoms with E-state index in [0.717, 1.165) is 21.5 Å². The number of Topliss-reactive ketones (excluding diaryl/α,β-unsaturated/α-hetero) is 2. The Morgan fingerprint density at radius 1 is 0.743 bits per heavy atom. The van der Waals surface area contributed by atoms with Gasteiger partial charge in [0.15, 0.2) is 11.6 Å². The van der Waals surface area contributed by atoms with E-state index in [2.05, 4.69) is 21.8 Å². The highest BCUT2D eigenvalue weighted by atomic mass is 31.3. The molecule has 10 nitrogen and oxygen atoms in total. The second-order valence-corrected chi connectivity index (χ2v) is 10.4. The molecule has 2 unspecified atom stereocenters. The summed E-state index contributed by atoms with van der Waals surface area (Å²) in [6.07, 6.45) is 0. The van der Waals surface area contributed by atoms with Crippen LogP contribution in [0.2, 0.25) is 0 Å². The molecule has 13 heteroatoms. The van der Waals surface area contributed by atoms with Crippen LogP contribution >= 0.6 is 24.3 Å². The van der Waals surface area contributed by atoms with Gasteiger partial charge in [-0.3, -0.25) is 14.5 Å². The zero-order valence-corrected chi connectivity index (χ0v) is 21.3. The molecule has 0 saturated carbocycles. The van der Waals surface area contributed by atoms with E-state index in [0.29, 0.717) is 22.3 Å². The molecule has 0 radical (unpaired) electrons. The van der Waals surface area contributed by atoms with Crippen LogP contribution in [0.15, 0.2) is 72.8 Å². The lowest BCUT2D eigenvalue weighted by molar-refractivity contribution is 0.102. The zero-order valence-electron chi connectivity index (χ0n) is 18.6. The van der Waals surface area contributed by atoms with E-state index in [1.54, 1.807) is 13.8 Å². The number of carbonyl (C=O) groups is 2. The van der Waals surface area contributed by atoms with Crippen LogP contribution in [0.5, 0.6) is 0 Å². The summed E-state index contributed by atoms with van der Waals surface area (Å²) >= 11 is 0. The third kappa shape index (κ3) is 7.12. The van der Waals surface area contributed by atoms with E-state index in [4.69, 9.17) is 14.7 Å². The number of fused-ring (bicyclic) bond motifs is 2. The molecule has 3 N–H and O–H groups in total. The van der Waals surface area contributed by atoms with Crippen molar-refractivity contribution in [1.82, 2.24) is 0 Å². The van der Waals surface area contributed by atoms with Crippen molar-refractivity contribution in [2.75, 3.05) is 0 Å². The average molecular weight is 538 g/mol. The van der Waals surface area contributed by atoms with Gasteiger partial charge in [-0.1, -0.05) is 61.7 Å². The maximum Gasteiger partial charge on any atom is 0.705 e. The van der Waals surface area contributed by atoms with Crippen molar-refractivity contribution >= 4 is 57.4 Å².